The van der Waals surface area contributed by atoms with E-state index in [2.05, 4.69) is 16.0 Å². The van der Waals surface area contributed by atoms with Gasteiger partial charge in [-0.05, 0) is 18.9 Å². The molecule has 0 aromatic heterocycles. The zero-order valence-corrected chi connectivity index (χ0v) is 12.4. The number of carbonyl (C=O) groups excluding carboxylic acids is 2. The molecule has 3 amide bonds. The molecular formula is C13H15ClN4O4. The molecule has 1 aromatic rings. The molecule has 8 nitrogen and oxygen atoms in total. The maximum absolute atomic E-state index is 11.9. The number of urea groups is 1. The number of non-ortho nitro benzene ring substituents is 1. The Morgan fingerprint density at radius 1 is 1.41 bits per heavy atom. The van der Waals surface area contributed by atoms with E-state index in [-0.39, 0.29) is 28.3 Å². The Morgan fingerprint density at radius 2 is 2.18 bits per heavy atom. The lowest BCUT2D eigenvalue weighted by molar-refractivity contribution is -0.384. The van der Waals surface area contributed by atoms with Gasteiger partial charge in [0.25, 0.3) is 5.69 Å². The van der Waals surface area contributed by atoms with E-state index in [4.69, 9.17) is 11.6 Å². The summed E-state index contributed by atoms with van der Waals surface area (Å²) in [6.07, 6.45) is 1.57. The van der Waals surface area contributed by atoms with Gasteiger partial charge in [-0.2, -0.15) is 0 Å². The minimum Gasteiger partial charge on any atom is -0.356 e. The molecule has 0 bridgehead atoms. The highest BCUT2D eigenvalue weighted by Gasteiger charge is 2.18. The number of hydrogen-bond acceptors (Lipinski definition) is 4. The fourth-order valence-corrected chi connectivity index (χ4v) is 2.35. The fourth-order valence-electron chi connectivity index (χ4n) is 2.13. The molecule has 1 aromatic carbocycles. The molecule has 1 fully saturated rings. The monoisotopic (exact) mass is 326 g/mol. The Bertz CT molecular complexity index is 608. The van der Waals surface area contributed by atoms with Crippen LogP contribution in [0.2, 0.25) is 5.02 Å². The standard InChI is InChI=1S/C13H15ClN4O4/c14-10-7-9(18(21)22)2-3-11(10)17-13(20)16-8-1-4-12(19)15-6-5-8/h2-3,7-8H,1,4-6H2,(H,15,19)(H2,16,17,20). The fraction of sp³-hybridized carbons (Fsp3) is 0.385. The highest BCUT2D eigenvalue weighted by Crippen LogP contribution is 2.26. The molecule has 3 N–H and O–H groups in total. The molecule has 0 spiro atoms. The van der Waals surface area contributed by atoms with Gasteiger partial charge in [-0.3, -0.25) is 14.9 Å². The summed E-state index contributed by atoms with van der Waals surface area (Å²) in [4.78, 5) is 33.2. The number of amides is 3. The molecule has 1 aliphatic rings. The third-order valence-electron chi connectivity index (χ3n) is 3.28. The minimum absolute atomic E-state index is 0.0249. The Kier molecular flexibility index (Phi) is 5.16. The summed E-state index contributed by atoms with van der Waals surface area (Å²) in [5.74, 6) is -0.0249. The molecule has 1 saturated heterocycles. The second-order valence-corrected chi connectivity index (χ2v) is 5.30. The molecule has 22 heavy (non-hydrogen) atoms. The Morgan fingerprint density at radius 3 is 2.86 bits per heavy atom. The second-order valence-electron chi connectivity index (χ2n) is 4.89. The number of benzene rings is 1. The van der Waals surface area contributed by atoms with Crippen LogP contribution in [0.3, 0.4) is 0 Å². The summed E-state index contributed by atoms with van der Waals surface area (Å²) in [5.41, 5.74) is 0.136. The van der Waals surface area contributed by atoms with E-state index in [9.17, 15) is 19.7 Å². The average molecular weight is 327 g/mol. The van der Waals surface area contributed by atoms with E-state index in [1.807, 2.05) is 0 Å². The lowest BCUT2D eigenvalue weighted by atomic mass is 10.1. The van der Waals surface area contributed by atoms with E-state index < -0.39 is 11.0 Å². The van der Waals surface area contributed by atoms with E-state index in [1.54, 1.807) is 0 Å². The van der Waals surface area contributed by atoms with Gasteiger partial charge in [0.15, 0.2) is 0 Å². The number of nitro groups is 1. The molecule has 0 aliphatic carbocycles. The van der Waals surface area contributed by atoms with Crippen molar-refractivity contribution in [3.05, 3.63) is 33.3 Å². The lowest BCUT2D eigenvalue weighted by Gasteiger charge is -2.16. The summed E-state index contributed by atoms with van der Waals surface area (Å²) in [5, 5.41) is 18.7. The van der Waals surface area contributed by atoms with E-state index in [1.165, 1.54) is 18.2 Å². The van der Waals surface area contributed by atoms with Gasteiger partial charge in [0.2, 0.25) is 5.91 Å². The summed E-state index contributed by atoms with van der Waals surface area (Å²) >= 11 is 5.90. The quantitative estimate of drug-likeness (QED) is 0.582. The topological polar surface area (TPSA) is 113 Å². The van der Waals surface area contributed by atoms with Crippen LogP contribution >= 0.6 is 11.6 Å². The van der Waals surface area contributed by atoms with Gasteiger partial charge < -0.3 is 16.0 Å². The van der Waals surface area contributed by atoms with Crippen LogP contribution in [0.4, 0.5) is 16.2 Å². The number of anilines is 1. The molecule has 1 unspecified atom stereocenters. The largest absolute Gasteiger partial charge is 0.356 e. The van der Waals surface area contributed by atoms with Crippen LogP contribution in [0.25, 0.3) is 0 Å². The van der Waals surface area contributed by atoms with Crippen LogP contribution in [-0.4, -0.2) is 29.4 Å². The van der Waals surface area contributed by atoms with E-state index in [0.717, 1.165) is 0 Å². The van der Waals surface area contributed by atoms with Gasteiger partial charge in [-0.15, -0.1) is 0 Å². The molecule has 1 atom stereocenters. The molecule has 0 radical (unpaired) electrons. The molecule has 2 rings (SSSR count). The molecule has 118 valence electrons. The highest BCUT2D eigenvalue weighted by molar-refractivity contribution is 6.33. The average Bonchev–Trinajstić information content (AvgIpc) is 2.65. The van der Waals surface area contributed by atoms with Gasteiger partial charge >= 0.3 is 6.03 Å². The second kappa shape index (κ2) is 7.08. The first-order valence-corrected chi connectivity index (χ1v) is 7.11. The van der Waals surface area contributed by atoms with Crippen molar-refractivity contribution in [2.24, 2.45) is 0 Å². The van der Waals surface area contributed by atoms with Gasteiger partial charge in [-0.25, -0.2) is 4.79 Å². The number of halogens is 1. The third-order valence-corrected chi connectivity index (χ3v) is 3.59. The highest BCUT2D eigenvalue weighted by atomic mass is 35.5. The Balaban J connectivity index is 1.94. The van der Waals surface area contributed by atoms with Gasteiger partial charge in [0, 0.05) is 31.1 Å². The van der Waals surface area contributed by atoms with Crippen molar-refractivity contribution < 1.29 is 14.5 Å². The molecule has 0 saturated carbocycles. The zero-order valence-electron chi connectivity index (χ0n) is 11.6. The molecule has 1 heterocycles. The van der Waals surface area contributed by atoms with Gasteiger partial charge in [0.05, 0.1) is 15.6 Å². The summed E-state index contributed by atoms with van der Waals surface area (Å²) < 4.78 is 0. The first-order valence-electron chi connectivity index (χ1n) is 6.74. The van der Waals surface area contributed by atoms with Crippen LogP contribution < -0.4 is 16.0 Å². The van der Waals surface area contributed by atoms with Crippen LogP contribution in [0.5, 0.6) is 0 Å². The van der Waals surface area contributed by atoms with Crippen LogP contribution in [0.15, 0.2) is 18.2 Å². The zero-order chi connectivity index (χ0) is 16.1. The third kappa shape index (κ3) is 4.32. The van der Waals surface area contributed by atoms with Crippen molar-refractivity contribution in [3.8, 4) is 0 Å². The van der Waals surface area contributed by atoms with Gasteiger partial charge in [0.1, 0.15) is 0 Å². The van der Waals surface area contributed by atoms with E-state index >= 15 is 0 Å². The maximum Gasteiger partial charge on any atom is 0.319 e. The first-order chi connectivity index (χ1) is 10.5. The summed E-state index contributed by atoms with van der Waals surface area (Å²) in [7, 11) is 0. The molecule has 9 heteroatoms. The number of carbonyl (C=O) groups is 2. The summed E-state index contributed by atoms with van der Waals surface area (Å²) in [6, 6.07) is 3.23. The van der Waals surface area contributed by atoms with Crippen LogP contribution in [-0.2, 0) is 4.79 Å². The number of hydrogen-bond donors (Lipinski definition) is 3. The van der Waals surface area contributed by atoms with E-state index in [0.29, 0.717) is 25.8 Å². The number of nitrogens with zero attached hydrogens (tertiary/aromatic N) is 1. The summed E-state index contributed by atoms with van der Waals surface area (Å²) in [6.45, 7) is 0.516. The van der Waals surface area contributed by atoms with Crippen LogP contribution in [0, 0.1) is 10.1 Å². The Hall–Kier alpha value is -2.35. The van der Waals surface area contributed by atoms with Crippen molar-refractivity contribution in [3.63, 3.8) is 0 Å². The predicted molar refractivity (Wildman–Crippen MR) is 80.9 cm³/mol. The van der Waals surface area contributed by atoms with Crippen molar-refractivity contribution in [1.82, 2.24) is 10.6 Å². The number of nitrogens with one attached hydrogen (secondary N) is 3. The van der Waals surface area contributed by atoms with Crippen molar-refractivity contribution in [2.45, 2.75) is 25.3 Å². The minimum atomic E-state index is -0.564. The smallest absolute Gasteiger partial charge is 0.319 e. The Labute approximate surface area is 131 Å². The van der Waals surface area contributed by atoms with Crippen molar-refractivity contribution in [2.75, 3.05) is 11.9 Å². The SMILES string of the molecule is O=C1CCC(NC(=O)Nc2ccc([N+](=O)[O-])cc2Cl)CCN1. The molecular weight excluding hydrogens is 312 g/mol. The van der Waals surface area contributed by atoms with Crippen molar-refractivity contribution >= 4 is 34.9 Å². The van der Waals surface area contributed by atoms with Gasteiger partial charge in [-0.1, -0.05) is 11.6 Å². The van der Waals surface area contributed by atoms with Crippen LogP contribution in [0.1, 0.15) is 19.3 Å². The number of nitro benzene ring substituents is 1. The first kappa shape index (κ1) is 16.0. The van der Waals surface area contributed by atoms with Crippen molar-refractivity contribution in [1.29, 1.82) is 0 Å². The maximum atomic E-state index is 11.9. The predicted octanol–water partition coefficient (Wildman–Crippen LogP) is 2.04. The normalized spacial score (nSPS) is 18.0. The number of rotatable bonds is 3. The lowest BCUT2D eigenvalue weighted by Crippen LogP contribution is -2.38. The molecule has 1 aliphatic heterocycles.